The number of benzene rings is 2. The highest BCUT2D eigenvalue weighted by atomic mass is 16.3. The molecule has 0 bridgehead atoms. The molecule has 0 aliphatic heterocycles. The third-order valence-electron chi connectivity index (χ3n) is 3.10. The fourth-order valence-electron chi connectivity index (χ4n) is 1.97. The van der Waals surface area contributed by atoms with Crippen LogP contribution in [0.4, 0.5) is 0 Å². The molecule has 104 valence electrons. The smallest absolute Gasteiger partial charge is 0.257 e. The molecule has 5 nitrogen and oxygen atoms in total. The van der Waals surface area contributed by atoms with E-state index in [1.807, 2.05) is 24.3 Å². The van der Waals surface area contributed by atoms with Crippen molar-refractivity contribution in [2.75, 3.05) is 20.6 Å². The number of likely N-dealkylation sites (N-methyl/N-ethyl adjacent to an activating group) is 2. The van der Waals surface area contributed by atoms with Crippen molar-refractivity contribution < 1.29 is 14.7 Å². The van der Waals surface area contributed by atoms with Crippen LogP contribution in [-0.2, 0) is 4.79 Å². The van der Waals surface area contributed by atoms with E-state index in [1.165, 1.54) is 19.0 Å². The molecule has 0 heterocycles. The molecule has 0 spiro atoms. The number of nitrogens with one attached hydrogen (secondary N) is 1. The van der Waals surface area contributed by atoms with Crippen LogP contribution in [0.25, 0.3) is 10.8 Å². The summed E-state index contributed by atoms with van der Waals surface area (Å²) in [5.41, 5.74) is 0.190. The zero-order valence-corrected chi connectivity index (χ0v) is 11.4. The van der Waals surface area contributed by atoms with Crippen molar-refractivity contribution in [3.63, 3.8) is 0 Å². The predicted molar refractivity (Wildman–Crippen MR) is 76.6 cm³/mol. The van der Waals surface area contributed by atoms with E-state index in [0.717, 1.165) is 10.8 Å². The Hall–Kier alpha value is -2.56. The molecule has 0 aliphatic rings. The first-order valence-corrected chi connectivity index (χ1v) is 6.20. The molecule has 2 rings (SSSR count). The van der Waals surface area contributed by atoms with Crippen LogP contribution in [0.3, 0.4) is 0 Å². The molecule has 0 atom stereocenters. The Bertz CT molecular complexity index is 667. The second-order valence-corrected chi connectivity index (χ2v) is 4.55. The van der Waals surface area contributed by atoms with Gasteiger partial charge in [0.25, 0.3) is 5.91 Å². The summed E-state index contributed by atoms with van der Waals surface area (Å²) in [5, 5.41) is 14.1. The van der Waals surface area contributed by atoms with Gasteiger partial charge in [-0.2, -0.15) is 0 Å². The highest BCUT2D eigenvalue weighted by Crippen LogP contribution is 2.25. The van der Waals surface area contributed by atoms with Crippen LogP contribution in [0.5, 0.6) is 5.75 Å². The number of carbonyl (C=O) groups is 2. The number of phenols is 1. The maximum atomic E-state index is 12.2. The molecule has 0 saturated heterocycles. The van der Waals surface area contributed by atoms with Crippen molar-refractivity contribution in [2.45, 2.75) is 0 Å². The van der Waals surface area contributed by atoms with E-state index < -0.39 is 5.91 Å². The van der Waals surface area contributed by atoms with Crippen molar-refractivity contribution in [3.05, 3.63) is 42.0 Å². The van der Waals surface area contributed by atoms with Crippen molar-refractivity contribution in [1.29, 1.82) is 0 Å². The Kier molecular flexibility index (Phi) is 3.89. The van der Waals surface area contributed by atoms with Crippen molar-refractivity contribution in [2.24, 2.45) is 0 Å². The summed E-state index contributed by atoms with van der Waals surface area (Å²) in [6.07, 6.45) is 0. The highest BCUT2D eigenvalue weighted by Gasteiger charge is 2.18. The number of aromatic hydroxyl groups is 1. The normalized spacial score (nSPS) is 10.3. The van der Waals surface area contributed by atoms with Crippen molar-refractivity contribution in [3.8, 4) is 5.75 Å². The first kappa shape index (κ1) is 13.9. The first-order valence-electron chi connectivity index (χ1n) is 6.20. The van der Waals surface area contributed by atoms with Gasteiger partial charge in [-0.15, -0.1) is 0 Å². The SMILES string of the molecule is CNC(=O)CN(C)C(=O)c1cc2ccccc2cc1O. The van der Waals surface area contributed by atoms with E-state index in [1.54, 1.807) is 12.1 Å². The third kappa shape index (κ3) is 2.71. The molecule has 0 fully saturated rings. The number of phenolic OH excluding ortho intramolecular Hbond substituents is 1. The number of carbonyl (C=O) groups excluding carboxylic acids is 2. The van der Waals surface area contributed by atoms with Gasteiger partial charge in [0.15, 0.2) is 0 Å². The van der Waals surface area contributed by atoms with Gasteiger partial charge >= 0.3 is 0 Å². The fourth-order valence-corrected chi connectivity index (χ4v) is 1.97. The first-order chi connectivity index (χ1) is 9.52. The summed E-state index contributed by atoms with van der Waals surface area (Å²) in [7, 11) is 3.03. The Morgan fingerprint density at radius 1 is 1.20 bits per heavy atom. The molecule has 20 heavy (non-hydrogen) atoms. The van der Waals surface area contributed by atoms with Crippen LogP contribution < -0.4 is 5.32 Å². The lowest BCUT2D eigenvalue weighted by Crippen LogP contribution is -2.36. The van der Waals surface area contributed by atoms with Gasteiger partial charge in [-0.05, 0) is 22.9 Å². The van der Waals surface area contributed by atoms with E-state index in [2.05, 4.69) is 5.32 Å². The van der Waals surface area contributed by atoms with E-state index in [0.29, 0.717) is 0 Å². The van der Waals surface area contributed by atoms with E-state index >= 15 is 0 Å². The van der Waals surface area contributed by atoms with Gasteiger partial charge in [-0.1, -0.05) is 24.3 Å². The largest absolute Gasteiger partial charge is 0.507 e. The number of nitrogens with zero attached hydrogens (tertiary/aromatic N) is 1. The monoisotopic (exact) mass is 272 g/mol. The summed E-state index contributed by atoms with van der Waals surface area (Å²) >= 11 is 0. The summed E-state index contributed by atoms with van der Waals surface area (Å²) in [5.74, 6) is -0.740. The van der Waals surface area contributed by atoms with Crippen LogP contribution in [0, 0.1) is 0 Å². The second-order valence-electron chi connectivity index (χ2n) is 4.55. The average molecular weight is 272 g/mol. The van der Waals surface area contributed by atoms with Gasteiger partial charge < -0.3 is 15.3 Å². The number of rotatable bonds is 3. The average Bonchev–Trinajstić information content (AvgIpc) is 2.45. The van der Waals surface area contributed by atoms with Gasteiger partial charge in [-0.25, -0.2) is 0 Å². The molecule has 5 heteroatoms. The van der Waals surface area contributed by atoms with E-state index in [9.17, 15) is 14.7 Å². The Balaban J connectivity index is 2.34. The fraction of sp³-hybridized carbons (Fsp3) is 0.200. The lowest BCUT2D eigenvalue weighted by atomic mass is 10.1. The van der Waals surface area contributed by atoms with E-state index in [4.69, 9.17) is 0 Å². The van der Waals surface area contributed by atoms with Gasteiger partial charge in [0.2, 0.25) is 5.91 Å². The van der Waals surface area contributed by atoms with Crippen molar-refractivity contribution in [1.82, 2.24) is 10.2 Å². The highest BCUT2D eigenvalue weighted by molar-refractivity contribution is 6.02. The topological polar surface area (TPSA) is 69.6 Å². The second kappa shape index (κ2) is 5.61. The summed E-state index contributed by atoms with van der Waals surface area (Å²) in [6.45, 7) is -0.0540. The Morgan fingerprint density at radius 2 is 1.80 bits per heavy atom. The molecular formula is C15H16N2O3. The standard InChI is InChI=1S/C15H16N2O3/c1-16-14(19)9-17(2)15(20)12-7-10-5-3-4-6-11(10)8-13(12)18/h3-8,18H,9H2,1-2H3,(H,16,19). The molecule has 2 amide bonds. The minimum absolute atomic E-state index is 0.0540. The molecule has 0 unspecified atom stereocenters. The zero-order chi connectivity index (χ0) is 14.7. The molecule has 0 saturated carbocycles. The molecule has 2 N–H and O–H groups in total. The maximum Gasteiger partial charge on any atom is 0.257 e. The molecule has 2 aromatic rings. The summed E-state index contributed by atoms with van der Waals surface area (Å²) < 4.78 is 0. The van der Waals surface area contributed by atoms with Crippen LogP contribution >= 0.6 is 0 Å². The lowest BCUT2D eigenvalue weighted by molar-refractivity contribution is -0.121. The minimum Gasteiger partial charge on any atom is -0.507 e. The minimum atomic E-state index is -0.392. The molecule has 0 radical (unpaired) electrons. The Labute approximate surface area is 116 Å². The lowest BCUT2D eigenvalue weighted by Gasteiger charge is -2.17. The number of fused-ring (bicyclic) bond motifs is 1. The number of hydrogen-bond donors (Lipinski definition) is 2. The van der Waals surface area contributed by atoms with Gasteiger partial charge in [-0.3, -0.25) is 9.59 Å². The summed E-state index contributed by atoms with van der Waals surface area (Å²) in [6, 6.07) is 10.6. The molecule has 2 aromatic carbocycles. The number of hydrogen-bond acceptors (Lipinski definition) is 3. The molecule has 0 aliphatic carbocycles. The van der Waals surface area contributed by atoms with Crippen molar-refractivity contribution >= 4 is 22.6 Å². The quantitative estimate of drug-likeness (QED) is 0.886. The Morgan fingerprint density at radius 3 is 2.40 bits per heavy atom. The maximum absolute atomic E-state index is 12.2. The molecular weight excluding hydrogens is 256 g/mol. The summed E-state index contributed by atoms with van der Waals surface area (Å²) in [4.78, 5) is 24.8. The van der Waals surface area contributed by atoms with Crippen LogP contribution in [0.1, 0.15) is 10.4 Å². The predicted octanol–water partition coefficient (Wildman–Crippen LogP) is 1.36. The van der Waals surface area contributed by atoms with Gasteiger partial charge in [0.05, 0.1) is 12.1 Å². The zero-order valence-electron chi connectivity index (χ0n) is 11.4. The van der Waals surface area contributed by atoms with E-state index in [-0.39, 0.29) is 23.8 Å². The van der Waals surface area contributed by atoms with Gasteiger partial charge in [0, 0.05) is 14.1 Å². The number of amides is 2. The van der Waals surface area contributed by atoms with Crippen LogP contribution in [0.2, 0.25) is 0 Å². The van der Waals surface area contributed by atoms with Crippen LogP contribution in [-0.4, -0.2) is 42.5 Å². The van der Waals surface area contributed by atoms with Crippen LogP contribution in [0.15, 0.2) is 36.4 Å². The van der Waals surface area contributed by atoms with Gasteiger partial charge in [0.1, 0.15) is 5.75 Å². The third-order valence-corrected chi connectivity index (χ3v) is 3.10. The molecule has 0 aromatic heterocycles.